The molecular formula is C17H15BrN4O3S. The monoisotopic (exact) mass is 434 g/mol. The summed E-state index contributed by atoms with van der Waals surface area (Å²) in [6, 6.07) is 12.6. The average molecular weight is 435 g/mol. The van der Waals surface area contributed by atoms with Gasteiger partial charge in [-0.3, -0.25) is 0 Å². The van der Waals surface area contributed by atoms with Gasteiger partial charge in [0.25, 0.3) is 0 Å². The second-order valence-corrected chi connectivity index (χ2v) is 8.51. The summed E-state index contributed by atoms with van der Waals surface area (Å²) in [7, 11) is -3.69. The van der Waals surface area contributed by atoms with Crippen molar-refractivity contribution in [2.75, 3.05) is 11.4 Å². The minimum atomic E-state index is -3.69. The van der Waals surface area contributed by atoms with Crippen molar-refractivity contribution in [1.29, 1.82) is 0 Å². The largest absolute Gasteiger partial charge is 0.362 e. The van der Waals surface area contributed by atoms with E-state index in [0.717, 1.165) is 34.3 Å². The molecule has 0 unspecified atom stereocenters. The van der Waals surface area contributed by atoms with Crippen LogP contribution in [-0.2, 0) is 23.0 Å². The molecule has 0 spiro atoms. The van der Waals surface area contributed by atoms with E-state index in [1.807, 2.05) is 24.3 Å². The molecule has 0 amide bonds. The molecule has 0 atom stereocenters. The highest BCUT2D eigenvalue weighted by Gasteiger charge is 2.23. The van der Waals surface area contributed by atoms with Gasteiger partial charge in [0.1, 0.15) is 0 Å². The Morgan fingerprint density at radius 1 is 1.23 bits per heavy atom. The Morgan fingerprint density at radius 2 is 2.08 bits per heavy atom. The number of benzene rings is 2. The SMILES string of the molecule is NS(=O)(=O)c1ccc2c(c1)CCN2Cc1nc(-c2cccc(Br)c2)no1. The molecule has 0 fully saturated rings. The number of hydrogen-bond acceptors (Lipinski definition) is 6. The Hall–Kier alpha value is -2.23. The number of anilines is 1. The molecule has 1 aliphatic heterocycles. The lowest BCUT2D eigenvalue weighted by molar-refractivity contribution is 0.377. The van der Waals surface area contributed by atoms with Crippen molar-refractivity contribution in [2.24, 2.45) is 5.14 Å². The van der Waals surface area contributed by atoms with Crippen molar-refractivity contribution >= 4 is 31.6 Å². The van der Waals surface area contributed by atoms with Gasteiger partial charge in [-0.25, -0.2) is 13.6 Å². The summed E-state index contributed by atoms with van der Waals surface area (Å²) in [6.07, 6.45) is 0.741. The molecule has 3 aromatic rings. The van der Waals surface area contributed by atoms with Gasteiger partial charge in [-0.2, -0.15) is 4.98 Å². The fourth-order valence-corrected chi connectivity index (χ4v) is 3.98. The summed E-state index contributed by atoms with van der Waals surface area (Å²) in [5.41, 5.74) is 2.77. The van der Waals surface area contributed by atoms with Crippen LogP contribution in [0.25, 0.3) is 11.4 Å². The molecular weight excluding hydrogens is 420 g/mol. The van der Waals surface area contributed by atoms with E-state index in [0.29, 0.717) is 18.3 Å². The maximum Gasteiger partial charge on any atom is 0.246 e. The normalized spacial score (nSPS) is 13.8. The van der Waals surface area contributed by atoms with Crippen molar-refractivity contribution in [3.05, 3.63) is 58.4 Å². The number of nitrogens with zero attached hydrogens (tertiary/aromatic N) is 3. The Balaban J connectivity index is 1.55. The first-order valence-electron chi connectivity index (χ1n) is 7.89. The Labute approximate surface area is 159 Å². The molecule has 2 N–H and O–H groups in total. The highest BCUT2D eigenvalue weighted by Crippen LogP contribution is 2.31. The Morgan fingerprint density at radius 3 is 2.85 bits per heavy atom. The van der Waals surface area contributed by atoms with E-state index in [1.54, 1.807) is 12.1 Å². The lowest BCUT2D eigenvalue weighted by Crippen LogP contribution is -2.20. The number of sulfonamides is 1. The zero-order valence-corrected chi connectivity index (χ0v) is 16.0. The predicted molar refractivity (Wildman–Crippen MR) is 100 cm³/mol. The number of nitrogens with two attached hydrogens (primary N) is 1. The van der Waals surface area contributed by atoms with Gasteiger partial charge in [0.2, 0.25) is 21.7 Å². The van der Waals surface area contributed by atoms with Gasteiger partial charge < -0.3 is 9.42 Å². The molecule has 2 heterocycles. The van der Waals surface area contributed by atoms with Gasteiger partial charge >= 0.3 is 0 Å². The fraction of sp³-hybridized carbons (Fsp3) is 0.176. The first kappa shape index (κ1) is 17.2. The van der Waals surface area contributed by atoms with Crippen LogP contribution in [0.5, 0.6) is 0 Å². The van der Waals surface area contributed by atoms with E-state index in [9.17, 15) is 8.42 Å². The molecule has 1 aromatic heterocycles. The summed E-state index contributed by atoms with van der Waals surface area (Å²) in [5, 5.41) is 9.24. The van der Waals surface area contributed by atoms with Crippen LogP contribution < -0.4 is 10.0 Å². The third-order valence-corrected chi connectivity index (χ3v) is 5.65. The number of fused-ring (bicyclic) bond motifs is 1. The maximum atomic E-state index is 11.5. The second kappa shape index (κ2) is 6.49. The van der Waals surface area contributed by atoms with Crippen LogP contribution in [0.1, 0.15) is 11.5 Å². The summed E-state index contributed by atoms with van der Waals surface area (Å²) >= 11 is 3.43. The molecule has 0 aliphatic carbocycles. The lowest BCUT2D eigenvalue weighted by atomic mass is 10.2. The molecule has 7 nitrogen and oxygen atoms in total. The Bertz CT molecular complexity index is 1080. The first-order chi connectivity index (χ1) is 12.4. The molecule has 0 radical (unpaired) electrons. The topological polar surface area (TPSA) is 102 Å². The highest BCUT2D eigenvalue weighted by molar-refractivity contribution is 9.10. The number of primary sulfonamides is 1. The third-order valence-electron chi connectivity index (χ3n) is 4.25. The number of rotatable bonds is 4. The molecule has 9 heteroatoms. The zero-order chi connectivity index (χ0) is 18.3. The fourth-order valence-electron chi connectivity index (χ4n) is 3.01. The van der Waals surface area contributed by atoms with E-state index in [1.165, 1.54) is 6.07 Å². The standard InChI is InChI=1S/C17H15BrN4O3S/c18-13-3-1-2-12(8-13)17-20-16(25-21-17)10-22-7-6-11-9-14(26(19,23)24)4-5-15(11)22/h1-5,8-9H,6-7,10H2,(H2,19,23,24). The molecule has 26 heavy (non-hydrogen) atoms. The van der Waals surface area contributed by atoms with Crippen molar-refractivity contribution in [1.82, 2.24) is 10.1 Å². The first-order valence-corrected chi connectivity index (χ1v) is 10.2. The van der Waals surface area contributed by atoms with E-state index in [4.69, 9.17) is 9.66 Å². The van der Waals surface area contributed by atoms with E-state index in [2.05, 4.69) is 31.0 Å². The van der Waals surface area contributed by atoms with Gasteiger partial charge in [0.05, 0.1) is 11.4 Å². The highest BCUT2D eigenvalue weighted by atomic mass is 79.9. The number of halogens is 1. The molecule has 1 aliphatic rings. The molecule has 4 rings (SSSR count). The van der Waals surface area contributed by atoms with Crippen LogP contribution in [0.15, 0.2) is 56.4 Å². The minimum absolute atomic E-state index is 0.132. The van der Waals surface area contributed by atoms with E-state index in [-0.39, 0.29) is 4.90 Å². The molecule has 2 aromatic carbocycles. The van der Waals surface area contributed by atoms with Crippen molar-refractivity contribution < 1.29 is 12.9 Å². The molecule has 0 bridgehead atoms. The summed E-state index contributed by atoms with van der Waals surface area (Å²) in [4.78, 5) is 6.67. The van der Waals surface area contributed by atoms with Gasteiger partial charge in [0, 0.05) is 22.3 Å². The van der Waals surface area contributed by atoms with Crippen LogP contribution in [0.3, 0.4) is 0 Å². The van der Waals surface area contributed by atoms with Crippen LogP contribution in [-0.4, -0.2) is 25.1 Å². The Kier molecular flexibility index (Phi) is 4.29. The average Bonchev–Trinajstić information content (AvgIpc) is 3.21. The third kappa shape index (κ3) is 3.37. The zero-order valence-electron chi connectivity index (χ0n) is 13.6. The molecule has 0 saturated carbocycles. The van der Waals surface area contributed by atoms with Gasteiger partial charge in [-0.05, 0) is 42.3 Å². The van der Waals surface area contributed by atoms with E-state index >= 15 is 0 Å². The summed E-state index contributed by atoms with van der Waals surface area (Å²) in [6.45, 7) is 1.21. The summed E-state index contributed by atoms with van der Waals surface area (Å²) < 4.78 is 29.3. The second-order valence-electron chi connectivity index (χ2n) is 6.03. The van der Waals surface area contributed by atoms with Gasteiger partial charge in [-0.15, -0.1) is 0 Å². The van der Waals surface area contributed by atoms with Crippen molar-refractivity contribution in [3.8, 4) is 11.4 Å². The van der Waals surface area contributed by atoms with Crippen LogP contribution in [0.2, 0.25) is 0 Å². The smallest absolute Gasteiger partial charge is 0.246 e. The number of aromatic nitrogens is 2. The van der Waals surface area contributed by atoms with Gasteiger partial charge in [-0.1, -0.05) is 33.2 Å². The van der Waals surface area contributed by atoms with Crippen molar-refractivity contribution in [2.45, 2.75) is 17.9 Å². The summed E-state index contributed by atoms with van der Waals surface area (Å²) in [5.74, 6) is 1.04. The predicted octanol–water partition coefficient (Wildman–Crippen LogP) is 2.71. The van der Waals surface area contributed by atoms with Crippen molar-refractivity contribution in [3.63, 3.8) is 0 Å². The quantitative estimate of drug-likeness (QED) is 0.676. The van der Waals surface area contributed by atoms with Crippen LogP contribution >= 0.6 is 15.9 Å². The lowest BCUT2D eigenvalue weighted by Gasteiger charge is -2.16. The van der Waals surface area contributed by atoms with Crippen LogP contribution in [0, 0.1) is 0 Å². The van der Waals surface area contributed by atoms with Gasteiger partial charge in [0.15, 0.2) is 0 Å². The van der Waals surface area contributed by atoms with Crippen LogP contribution in [0.4, 0.5) is 5.69 Å². The number of hydrogen-bond donors (Lipinski definition) is 1. The van der Waals surface area contributed by atoms with E-state index < -0.39 is 10.0 Å². The molecule has 134 valence electrons. The maximum absolute atomic E-state index is 11.5. The molecule has 0 saturated heterocycles. The minimum Gasteiger partial charge on any atom is -0.362 e.